The SMILES string of the molecule is Cln1c(-c2ccccc2)cc2ccccc21. The number of para-hydroxylation sites is 1. The molecule has 0 aliphatic heterocycles. The van der Waals surface area contributed by atoms with Gasteiger partial charge in [-0.3, -0.25) is 4.09 Å². The lowest BCUT2D eigenvalue weighted by atomic mass is 10.1. The molecule has 0 fully saturated rings. The van der Waals surface area contributed by atoms with Gasteiger partial charge in [-0.25, -0.2) is 0 Å². The smallest absolute Gasteiger partial charge is 0.0660 e. The Balaban J connectivity index is 2.29. The van der Waals surface area contributed by atoms with Gasteiger partial charge in [0.25, 0.3) is 0 Å². The van der Waals surface area contributed by atoms with E-state index in [1.54, 1.807) is 4.09 Å². The Morgan fingerprint density at radius 3 is 2.25 bits per heavy atom. The zero-order chi connectivity index (χ0) is 11.0. The lowest BCUT2D eigenvalue weighted by molar-refractivity contribution is 1.32. The van der Waals surface area contributed by atoms with Crippen LogP contribution in [0.15, 0.2) is 60.7 Å². The maximum atomic E-state index is 6.31. The minimum Gasteiger partial charge on any atom is -0.252 e. The monoisotopic (exact) mass is 227 g/mol. The van der Waals surface area contributed by atoms with Crippen LogP contribution in [0.4, 0.5) is 0 Å². The van der Waals surface area contributed by atoms with Crippen molar-refractivity contribution in [2.24, 2.45) is 0 Å². The average molecular weight is 228 g/mol. The molecule has 1 heterocycles. The lowest BCUT2D eigenvalue weighted by Crippen LogP contribution is -1.83. The van der Waals surface area contributed by atoms with Crippen molar-refractivity contribution in [2.45, 2.75) is 0 Å². The number of benzene rings is 2. The van der Waals surface area contributed by atoms with Gasteiger partial charge >= 0.3 is 0 Å². The van der Waals surface area contributed by atoms with E-state index in [2.05, 4.69) is 24.3 Å². The van der Waals surface area contributed by atoms with E-state index in [0.29, 0.717) is 0 Å². The Kier molecular flexibility index (Phi) is 2.19. The van der Waals surface area contributed by atoms with Crippen LogP contribution in [0.5, 0.6) is 0 Å². The van der Waals surface area contributed by atoms with Crippen molar-refractivity contribution >= 4 is 22.7 Å². The maximum absolute atomic E-state index is 6.31. The number of hydrogen-bond acceptors (Lipinski definition) is 0. The van der Waals surface area contributed by atoms with E-state index in [0.717, 1.165) is 22.2 Å². The second kappa shape index (κ2) is 3.69. The Morgan fingerprint density at radius 1 is 0.812 bits per heavy atom. The molecule has 3 aromatic rings. The zero-order valence-corrected chi connectivity index (χ0v) is 9.35. The highest BCUT2D eigenvalue weighted by Gasteiger charge is 2.07. The van der Waals surface area contributed by atoms with Gasteiger partial charge in [-0.05, 0) is 17.7 Å². The predicted molar refractivity (Wildman–Crippen MR) is 68.6 cm³/mol. The first kappa shape index (κ1) is 9.49. The van der Waals surface area contributed by atoms with Crippen molar-refractivity contribution in [3.8, 4) is 11.3 Å². The molecular weight excluding hydrogens is 218 g/mol. The Hall–Kier alpha value is -1.73. The van der Waals surface area contributed by atoms with Gasteiger partial charge in [0, 0.05) is 17.2 Å². The fourth-order valence-corrected chi connectivity index (χ4v) is 2.23. The number of nitrogens with zero attached hydrogens (tertiary/aromatic N) is 1. The largest absolute Gasteiger partial charge is 0.252 e. The molecule has 0 atom stereocenters. The van der Waals surface area contributed by atoms with E-state index in [9.17, 15) is 0 Å². The number of halogens is 1. The van der Waals surface area contributed by atoms with E-state index in [1.165, 1.54) is 0 Å². The van der Waals surface area contributed by atoms with Gasteiger partial charge in [-0.2, -0.15) is 0 Å². The first-order chi connectivity index (χ1) is 7.86. The van der Waals surface area contributed by atoms with Gasteiger partial charge in [0.1, 0.15) is 0 Å². The van der Waals surface area contributed by atoms with Crippen molar-refractivity contribution in [3.05, 3.63) is 60.7 Å². The number of aromatic nitrogens is 1. The van der Waals surface area contributed by atoms with Crippen molar-refractivity contribution in [1.82, 2.24) is 4.09 Å². The van der Waals surface area contributed by atoms with Crippen LogP contribution in [-0.2, 0) is 0 Å². The van der Waals surface area contributed by atoms with Crippen LogP contribution in [0.25, 0.3) is 22.2 Å². The summed E-state index contributed by atoms with van der Waals surface area (Å²) in [5, 5.41) is 1.16. The Bertz CT molecular complexity index is 626. The quantitative estimate of drug-likeness (QED) is 0.584. The molecule has 1 aromatic heterocycles. The van der Waals surface area contributed by atoms with Crippen molar-refractivity contribution in [3.63, 3.8) is 0 Å². The third-order valence-electron chi connectivity index (χ3n) is 2.72. The normalized spacial score (nSPS) is 10.8. The second-order valence-corrected chi connectivity index (χ2v) is 4.07. The molecule has 0 spiro atoms. The molecule has 0 bridgehead atoms. The molecule has 0 aliphatic carbocycles. The molecule has 3 rings (SSSR count). The van der Waals surface area contributed by atoms with Crippen molar-refractivity contribution < 1.29 is 0 Å². The molecule has 2 heteroatoms. The number of fused-ring (bicyclic) bond motifs is 1. The summed E-state index contributed by atoms with van der Waals surface area (Å²) in [5.41, 5.74) is 3.21. The summed E-state index contributed by atoms with van der Waals surface area (Å²) in [6.07, 6.45) is 0. The van der Waals surface area contributed by atoms with E-state index < -0.39 is 0 Å². The van der Waals surface area contributed by atoms with E-state index in [-0.39, 0.29) is 0 Å². The van der Waals surface area contributed by atoms with Crippen LogP contribution in [0, 0.1) is 0 Å². The molecule has 0 saturated heterocycles. The predicted octanol–water partition coefficient (Wildman–Crippen LogP) is 4.31. The third-order valence-corrected chi connectivity index (χ3v) is 3.09. The maximum Gasteiger partial charge on any atom is 0.0660 e. The lowest BCUT2D eigenvalue weighted by Gasteiger charge is -2.00. The average Bonchev–Trinajstić information content (AvgIpc) is 2.69. The topological polar surface area (TPSA) is 4.93 Å². The van der Waals surface area contributed by atoms with Gasteiger partial charge < -0.3 is 0 Å². The second-order valence-electron chi connectivity index (χ2n) is 3.74. The number of rotatable bonds is 1. The molecule has 16 heavy (non-hydrogen) atoms. The third kappa shape index (κ3) is 1.41. The van der Waals surface area contributed by atoms with Crippen LogP contribution in [0.2, 0.25) is 0 Å². The Labute approximate surface area is 99.0 Å². The van der Waals surface area contributed by atoms with Gasteiger partial charge in [0.15, 0.2) is 0 Å². The van der Waals surface area contributed by atoms with E-state index in [1.807, 2.05) is 36.4 Å². The first-order valence-corrected chi connectivity index (χ1v) is 5.52. The first-order valence-electron chi connectivity index (χ1n) is 5.18. The van der Waals surface area contributed by atoms with Gasteiger partial charge in [-0.15, -0.1) is 0 Å². The molecule has 0 saturated carbocycles. The number of hydrogen-bond donors (Lipinski definition) is 0. The Morgan fingerprint density at radius 2 is 1.50 bits per heavy atom. The molecule has 0 unspecified atom stereocenters. The summed E-state index contributed by atoms with van der Waals surface area (Å²) in [4.78, 5) is 0. The van der Waals surface area contributed by atoms with Crippen molar-refractivity contribution in [1.29, 1.82) is 0 Å². The molecule has 0 aliphatic rings. The highest BCUT2D eigenvalue weighted by atomic mass is 35.5. The summed E-state index contributed by atoms with van der Waals surface area (Å²) in [6, 6.07) is 20.4. The van der Waals surface area contributed by atoms with E-state index >= 15 is 0 Å². The standard InChI is InChI=1S/C14H10ClN/c15-16-13-9-5-4-8-12(13)10-14(16)11-6-2-1-3-7-11/h1-10H. The van der Waals surface area contributed by atoms with Crippen molar-refractivity contribution in [2.75, 3.05) is 0 Å². The minimum atomic E-state index is 1.03. The van der Waals surface area contributed by atoms with Crippen LogP contribution in [0.1, 0.15) is 0 Å². The molecule has 0 N–H and O–H groups in total. The summed E-state index contributed by atoms with van der Waals surface area (Å²) < 4.78 is 1.71. The molecule has 1 nitrogen and oxygen atoms in total. The van der Waals surface area contributed by atoms with Gasteiger partial charge in [0.05, 0.1) is 11.2 Å². The summed E-state index contributed by atoms with van der Waals surface area (Å²) in [5.74, 6) is 0. The van der Waals surface area contributed by atoms with Crippen LogP contribution < -0.4 is 0 Å². The highest BCUT2D eigenvalue weighted by Crippen LogP contribution is 2.28. The van der Waals surface area contributed by atoms with Gasteiger partial charge in [0.2, 0.25) is 0 Å². The molecule has 2 aromatic carbocycles. The van der Waals surface area contributed by atoms with Crippen LogP contribution in [-0.4, -0.2) is 4.09 Å². The minimum absolute atomic E-state index is 1.03. The van der Waals surface area contributed by atoms with Gasteiger partial charge in [-0.1, -0.05) is 48.5 Å². The fraction of sp³-hybridized carbons (Fsp3) is 0. The highest BCUT2D eigenvalue weighted by molar-refractivity contribution is 6.21. The summed E-state index contributed by atoms with van der Waals surface area (Å²) in [6.45, 7) is 0. The molecular formula is C14H10ClN. The van der Waals surface area contributed by atoms with E-state index in [4.69, 9.17) is 11.8 Å². The van der Waals surface area contributed by atoms with Crippen LogP contribution >= 0.6 is 11.8 Å². The van der Waals surface area contributed by atoms with Crippen LogP contribution in [0.3, 0.4) is 0 Å². The molecule has 0 radical (unpaired) electrons. The summed E-state index contributed by atoms with van der Waals surface area (Å²) in [7, 11) is 0. The molecule has 78 valence electrons. The molecule has 0 amide bonds. The fourth-order valence-electron chi connectivity index (χ4n) is 1.93. The zero-order valence-electron chi connectivity index (χ0n) is 8.60. The summed E-state index contributed by atoms with van der Waals surface area (Å²) >= 11 is 6.31.